The third kappa shape index (κ3) is 5.62. The normalized spacial score (nSPS) is 11.0. The average Bonchev–Trinajstić information content (AvgIpc) is 2.55. The molecule has 0 unspecified atom stereocenters. The first kappa shape index (κ1) is 19.5. The van der Waals surface area contributed by atoms with E-state index in [-0.39, 0.29) is 23.9 Å². The number of rotatable bonds is 5. The molecular formula is C21H27N3O2. The second-order valence-corrected chi connectivity index (χ2v) is 7.43. The lowest BCUT2D eigenvalue weighted by Gasteiger charge is -2.20. The van der Waals surface area contributed by atoms with Crippen molar-refractivity contribution >= 4 is 23.2 Å². The van der Waals surface area contributed by atoms with Gasteiger partial charge in [-0.25, -0.2) is 0 Å². The molecule has 2 amide bonds. The van der Waals surface area contributed by atoms with Gasteiger partial charge in [0.15, 0.2) is 0 Å². The van der Waals surface area contributed by atoms with Gasteiger partial charge in [-0.1, -0.05) is 12.1 Å². The van der Waals surface area contributed by atoms with E-state index >= 15 is 0 Å². The first-order valence-corrected chi connectivity index (χ1v) is 8.68. The van der Waals surface area contributed by atoms with Crippen LogP contribution in [-0.2, 0) is 4.79 Å². The average molecular weight is 353 g/mol. The summed E-state index contributed by atoms with van der Waals surface area (Å²) in [5.41, 5.74) is 4.20. The van der Waals surface area contributed by atoms with Gasteiger partial charge in [-0.15, -0.1) is 0 Å². The Bertz CT molecular complexity index is 790. The molecule has 5 heteroatoms. The summed E-state index contributed by atoms with van der Waals surface area (Å²) in [6.07, 6.45) is 0. The maximum atomic E-state index is 12.1. The molecule has 0 bridgehead atoms. The van der Waals surface area contributed by atoms with Crippen molar-refractivity contribution in [3.8, 4) is 0 Å². The first-order valence-electron chi connectivity index (χ1n) is 8.68. The number of hydrogen-bond acceptors (Lipinski definition) is 3. The minimum Gasteiger partial charge on any atom is -0.376 e. The van der Waals surface area contributed by atoms with Crippen molar-refractivity contribution < 1.29 is 9.59 Å². The Labute approximate surface area is 155 Å². The summed E-state index contributed by atoms with van der Waals surface area (Å²) in [6.45, 7) is 10.0. The van der Waals surface area contributed by atoms with E-state index in [9.17, 15) is 9.59 Å². The van der Waals surface area contributed by atoms with Crippen LogP contribution in [0.1, 0.15) is 42.3 Å². The highest BCUT2D eigenvalue weighted by Crippen LogP contribution is 2.17. The van der Waals surface area contributed by atoms with Gasteiger partial charge in [-0.05, 0) is 76.1 Å². The molecule has 2 aromatic carbocycles. The van der Waals surface area contributed by atoms with Gasteiger partial charge in [0.05, 0.1) is 6.54 Å². The van der Waals surface area contributed by atoms with Gasteiger partial charge in [0.1, 0.15) is 0 Å². The monoisotopic (exact) mass is 353 g/mol. The van der Waals surface area contributed by atoms with Crippen LogP contribution in [0.3, 0.4) is 0 Å². The number of carbonyl (C=O) groups is 2. The summed E-state index contributed by atoms with van der Waals surface area (Å²) in [7, 11) is 0. The van der Waals surface area contributed by atoms with E-state index in [4.69, 9.17) is 0 Å². The Hall–Kier alpha value is -2.82. The Balaban J connectivity index is 1.91. The molecular weight excluding hydrogens is 326 g/mol. The third-order valence-electron chi connectivity index (χ3n) is 3.96. The molecule has 0 saturated carbocycles. The van der Waals surface area contributed by atoms with Crippen molar-refractivity contribution in [1.29, 1.82) is 0 Å². The van der Waals surface area contributed by atoms with Crippen LogP contribution in [0.4, 0.5) is 11.4 Å². The Morgan fingerprint density at radius 1 is 0.962 bits per heavy atom. The van der Waals surface area contributed by atoms with E-state index in [0.29, 0.717) is 11.3 Å². The molecule has 3 N–H and O–H groups in total. The van der Waals surface area contributed by atoms with Gasteiger partial charge in [-0.3, -0.25) is 9.59 Å². The molecule has 0 aliphatic rings. The van der Waals surface area contributed by atoms with Gasteiger partial charge in [0.25, 0.3) is 5.91 Å². The van der Waals surface area contributed by atoms with Gasteiger partial charge < -0.3 is 16.0 Å². The zero-order chi connectivity index (χ0) is 19.3. The third-order valence-corrected chi connectivity index (χ3v) is 3.96. The van der Waals surface area contributed by atoms with Crippen LogP contribution in [0.25, 0.3) is 0 Å². The second-order valence-electron chi connectivity index (χ2n) is 7.43. The predicted octanol–water partition coefficient (Wildman–Crippen LogP) is 3.88. The molecule has 0 aliphatic carbocycles. The molecule has 0 radical (unpaired) electrons. The first-order chi connectivity index (χ1) is 12.2. The van der Waals surface area contributed by atoms with Crippen LogP contribution in [0.15, 0.2) is 42.5 Å². The number of amides is 2. The van der Waals surface area contributed by atoms with Crippen molar-refractivity contribution in [2.24, 2.45) is 0 Å². The fourth-order valence-electron chi connectivity index (χ4n) is 2.44. The van der Waals surface area contributed by atoms with Gasteiger partial charge in [-0.2, -0.15) is 0 Å². The molecule has 26 heavy (non-hydrogen) atoms. The minimum absolute atomic E-state index is 0.132. The van der Waals surface area contributed by atoms with Crippen LogP contribution < -0.4 is 16.0 Å². The molecule has 0 aliphatic heterocycles. The highest BCUT2D eigenvalue weighted by Gasteiger charge is 2.15. The van der Waals surface area contributed by atoms with E-state index in [1.165, 1.54) is 5.56 Å². The highest BCUT2D eigenvalue weighted by atomic mass is 16.2. The second kappa shape index (κ2) is 8.04. The Morgan fingerprint density at radius 2 is 1.62 bits per heavy atom. The number of aryl methyl sites for hydroxylation is 1. The largest absolute Gasteiger partial charge is 0.376 e. The van der Waals surface area contributed by atoms with Crippen molar-refractivity contribution in [2.45, 2.75) is 40.2 Å². The minimum atomic E-state index is -0.288. The summed E-state index contributed by atoms with van der Waals surface area (Å²) in [5.74, 6) is -0.273. The summed E-state index contributed by atoms with van der Waals surface area (Å²) >= 11 is 0. The van der Waals surface area contributed by atoms with Crippen LogP contribution in [0.5, 0.6) is 0 Å². The van der Waals surface area contributed by atoms with Gasteiger partial charge >= 0.3 is 0 Å². The van der Waals surface area contributed by atoms with Gasteiger partial charge in [0.2, 0.25) is 5.91 Å². The van der Waals surface area contributed by atoms with Crippen molar-refractivity contribution in [2.75, 3.05) is 17.2 Å². The molecule has 0 spiro atoms. The van der Waals surface area contributed by atoms with Crippen LogP contribution in [0.2, 0.25) is 0 Å². The zero-order valence-corrected chi connectivity index (χ0v) is 16.1. The van der Waals surface area contributed by atoms with Crippen molar-refractivity contribution in [3.05, 3.63) is 59.2 Å². The fraction of sp³-hybridized carbons (Fsp3) is 0.333. The maximum Gasteiger partial charge on any atom is 0.251 e. The number of anilines is 2. The maximum absolute atomic E-state index is 12.1. The van der Waals surface area contributed by atoms with Crippen LogP contribution in [-0.4, -0.2) is 23.9 Å². The topological polar surface area (TPSA) is 70.2 Å². The van der Waals surface area contributed by atoms with E-state index in [1.807, 2.05) is 52.8 Å². The fourth-order valence-corrected chi connectivity index (χ4v) is 2.44. The van der Waals surface area contributed by atoms with Crippen molar-refractivity contribution in [1.82, 2.24) is 5.32 Å². The number of carbonyl (C=O) groups excluding carboxylic acids is 2. The van der Waals surface area contributed by atoms with Gasteiger partial charge in [0, 0.05) is 22.5 Å². The number of nitrogens with one attached hydrogen (secondary N) is 3. The van der Waals surface area contributed by atoms with Crippen molar-refractivity contribution in [3.63, 3.8) is 0 Å². The molecule has 2 rings (SSSR count). The van der Waals surface area contributed by atoms with E-state index in [1.54, 1.807) is 24.3 Å². The quantitative estimate of drug-likeness (QED) is 0.764. The molecule has 138 valence electrons. The van der Waals surface area contributed by atoms with E-state index < -0.39 is 0 Å². The number of benzene rings is 2. The molecule has 0 saturated heterocycles. The predicted molar refractivity (Wildman–Crippen MR) is 107 cm³/mol. The molecule has 2 aromatic rings. The van der Waals surface area contributed by atoms with Crippen LogP contribution in [0, 0.1) is 13.8 Å². The Morgan fingerprint density at radius 3 is 2.23 bits per heavy atom. The molecule has 0 aromatic heterocycles. The highest BCUT2D eigenvalue weighted by molar-refractivity contribution is 5.97. The zero-order valence-electron chi connectivity index (χ0n) is 16.1. The lowest BCUT2D eigenvalue weighted by atomic mass is 10.1. The SMILES string of the molecule is Cc1cccc(NCC(=O)Nc2ccc(C(=O)NC(C)(C)C)cc2)c1C. The van der Waals surface area contributed by atoms with E-state index in [0.717, 1.165) is 11.3 Å². The lowest BCUT2D eigenvalue weighted by molar-refractivity contribution is -0.114. The smallest absolute Gasteiger partial charge is 0.251 e. The molecule has 0 fully saturated rings. The molecule has 5 nitrogen and oxygen atoms in total. The van der Waals surface area contributed by atoms with E-state index in [2.05, 4.69) is 16.0 Å². The molecule has 0 heterocycles. The number of hydrogen-bond donors (Lipinski definition) is 3. The lowest BCUT2D eigenvalue weighted by Crippen LogP contribution is -2.40. The summed E-state index contributed by atoms with van der Waals surface area (Å²) in [4.78, 5) is 24.2. The summed E-state index contributed by atoms with van der Waals surface area (Å²) in [5, 5.41) is 8.89. The summed E-state index contributed by atoms with van der Waals surface area (Å²) in [6, 6.07) is 12.8. The molecule has 0 atom stereocenters. The standard InChI is InChI=1S/C21H27N3O2/c1-14-7-6-8-18(15(14)2)22-13-19(25)23-17-11-9-16(10-12-17)20(26)24-21(3,4)5/h6-12,22H,13H2,1-5H3,(H,23,25)(H,24,26). The van der Waals surface area contributed by atoms with Crippen LogP contribution >= 0.6 is 0 Å². The Kier molecular flexibility index (Phi) is 6.03. The summed E-state index contributed by atoms with van der Waals surface area (Å²) < 4.78 is 0.